The van der Waals surface area contributed by atoms with Crippen LogP contribution < -0.4 is 4.90 Å². The summed E-state index contributed by atoms with van der Waals surface area (Å²) in [5, 5.41) is 9.78. The summed E-state index contributed by atoms with van der Waals surface area (Å²) in [6.45, 7) is 7.35. The molecule has 1 heterocycles. The van der Waals surface area contributed by atoms with Crippen molar-refractivity contribution in [3.8, 4) is 11.8 Å². The second-order valence-corrected chi connectivity index (χ2v) is 8.66. The van der Waals surface area contributed by atoms with Gasteiger partial charge in [0.2, 0.25) is 5.78 Å². The molecule has 0 fully saturated rings. The summed E-state index contributed by atoms with van der Waals surface area (Å²) in [6, 6.07) is 28.3. The van der Waals surface area contributed by atoms with E-state index in [0.29, 0.717) is 16.9 Å². The number of aryl methyl sites for hydroxylation is 1. The number of carbonyl (C=O) groups is 1. The van der Waals surface area contributed by atoms with Crippen LogP contribution in [0.5, 0.6) is 0 Å². The number of para-hydroxylation sites is 1. The number of Topliss-reactive ketones (excluding diaryl/α,β-unsaturated/α-hetero) is 1. The lowest BCUT2D eigenvalue weighted by Crippen LogP contribution is -2.21. The summed E-state index contributed by atoms with van der Waals surface area (Å²) < 4.78 is 16.1. The first kappa shape index (κ1) is 24.7. The molecule has 4 nitrogen and oxygen atoms in total. The molecule has 0 saturated carbocycles. The molecule has 0 N–H and O–H groups in total. The Morgan fingerprint density at radius 3 is 2.31 bits per heavy atom. The fourth-order valence-electron chi connectivity index (χ4n) is 4.43. The second-order valence-electron chi connectivity index (χ2n) is 8.66. The molecule has 4 rings (SSSR count). The number of nitrogens with zero attached hydrogens (tertiary/aromatic N) is 3. The highest BCUT2D eigenvalue weighted by Gasteiger charge is 2.21. The summed E-state index contributed by atoms with van der Waals surface area (Å²) in [7, 11) is 0. The molecule has 0 amide bonds. The van der Waals surface area contributed by atoms with Crippen LogP contribution in [-0.2, 0) is 6.54 Å². The van der Waals surface area contributed by atoms with E-state index < -0.39 is 0 Å². The third kappa shape index (κ3) is 5.13. The molecular formula is C31H28FN3O. The van der Waals surface area contributed by atoms with Gasteiger partial charge in [0.25, 0.3) is 0 Å². The first-order valence-corrected chi connectivity index (χ1v) is 11.9. The number of nitriles is 1. The minimum absolute atomic E-state index is 0.0353. The van der Waals surface area contributed by atoms with Crippen molar-refractivity contribution >= 4 is 17.5 Å². The molecular weight excluding hydrogens is 449 g/mol. The van der Waals surface area contributed by atoms with E-state index in [1.165, 1.54) is 11.6 Å². The van der Waals surface area contributed by atoms with E-state index >= 15 is 0 Å². The quantitative estimate of drug-likeness (QED) is 0.155. The maximum atomic E-state index is 14.4. The van der Waals surface area contributed by atoms with E-state index in [2.05, 4.69) is 30.0 Å². The highest BCUT2D eigenvalue weighted by atomic mass is 19.1. The molecule has 0 unspecified atom stereocenters. The average Bonchev–Trinajstić information content (AvgIpc) is 3.20. The van der Waals surface area contributed by atoms with Gasteiger partial charge < -0.3 is 9.47 Å². The SMILES string of the molecule is CCN(Cc1ccccc1)c1ccc(C=C(C#N)C(=O)c2cc(C)n(-c3ccccc3F)c2C)cc1. The largest absolute Gasteiger partial charge is 0.367 e. The Balaban J connectivity index is 1.59. The highest BCUT2D eigenvalue weighted by molar-refractivity contribution is 6.14. The van der Waals surface area contributed by atoms with Crippen molar-refractivity contribution in [3.63, 3.8) is 0 Å². The molecule has 0 radical (unpaired) electrons. The standard InChI is InChI=1S/C31H28FN3O/c1-4-34(21-25-10-6-5-7-11-25)27-16-14-24(15-17-27)19-26(20-33)31(36)28-18-22(2)35(23(28)3)30-13-9-8-12-29(30)32/h5-19H,4,21H2,1-3H3. The zero-order valence-corrected chi connectivity index (χ0v) is 20.7. The van der Waals surface area contributed by atoms with Gasteiger partial charge in [0.15, 0.2) is 0 Å². The molecule has 0 bridgehead atoms. The summed E-state index contributed by atoms with van der Waals surface area (Å²) in [6.07, 6.45) is 1.61. The van der Waals surface area contributed by atoms with Crippen LogP contribution in [0.1, 0.15) is 39.8 Å². The number of carbonyl (C=O) groups excluding carboxylic acids is 1. The van der Waals surface area contributed by atoms with Crippen molar-refractivity contribution in [1.29, 1.82) is 5.26 Å². The lowest BCUT2D eigenvalue weighted by molar-refractivity contribution is 0.103. The van der Waals surface area contributed by atoms with Crippen LogP contribution in [-0.4, -0.2) is 16.9 Å². The summed E-state index contributed by atoms with van der Waals surface area (Å²) >= 11 is 0. The molecule has 36 heavy (non-hydrogen) atoms. The number of rotatable bonds is 8. The number of aromatic nitrogens is 1. The van der Waals surface area contributed by atoms with Crippen LogP contribution in [0, 0.1) is 31.0 Å². The summed E-state index contributed by atoms with van der Waals surface area (Å²) in [5.41, 5.74) is 5.18. The molecule has 5 heteroatoms. The van der Waals surface area contributed by atoms with Crippen molar-refractivity contribution < 1.29 is 9.18 Å². The molecule has 0 aliphatic heterocycles. The van der Waals surface area contributed by atoms with Crippen molar-refractivity contribution in [2.75, 3.05) is 11.4 Å². The van der Waals surface area contributed by atoms with E-state index in [0.717, 1.165) is 30.0 Å². The smallest absolute Gasteiger partial charge is 0.205 e. The fraction of sp³-hybridized carbons (Fsp3) is 0.161. The normalized spacial score (nSPS) is 11.2. The van der Waals surface area contributed by atoms with Gasteiger partial charge in [-0.15, -0.1) is 0 Å². The minimum atomic E-state index is -0.378. The van der Waals surface area contributed by atoms with Crippen molar-refractivity contribution in [1.82, 2.24) is 4.57 Å². The number of benzene rings is 3. The average molecular weight is 478 g/mol. The van der Waals surface area contributed by atoms with Gasteiger partial charge in [0, 0.05) is 35.7 Å². The Morgan fingerprint density at radius 2 is 1.67 bits per heavy atom. The van der Waals surface area contributed by atoms with Gasteiger partial charge in [0.05, 0.1) is 5.69 Å². The molecule has 0 spiro atoms. The molecule has 0 aliphatic carbocycles. The summed E-state index contributed by atoms with van der Waals surface area (Å²) in [5.74, 6) is -0.751. The number of allylic oxidation sites excluding steroid dienone is 1. The van der Waals surface area contributed by atoms with Gasteiger partial charge in [-0.2, -0.15) is 5.26 Å². The van der Waals surface area contributed by atoms with Crippen LogP contribution >= 0.6 is 0 Å². The first-order valence-electron chi connectivity index (χ1n) is 11.9. The zero-order chi connectivity index (χ0) is 25.7. The summed E-state index contributed by atoms with van der Waals surface area (Å²) in [4.78, 5) is 15.6. The van der Waals surface area contributed by atoms with E-state index in [9.17, 15) is 14.4 Å². The predicted molar refractivity (Wildman–Crippen MR) is 143 cm³/mol. The fourth-order valence-corrected chi connectivity index (χ4v) is 4.43. The van der Waals surface area contributed by atoms with Crippen LogP contribution in [0.3, 0.4) is 0 Å². The molecule has 4 aromatic rings. The zero-order valence-electron chi connectivity index (χ0n) is 20.7. The van der Waals surface area contributed by atoms with Gasteiger partial charge in [-0.3, -0.25) is 4.79 Å². The van der Waals surface area contributed by atoms with Gasteiger partial charge in [-0.25, -0.2) is 4.39 Å². The molecule has 180 valence electrons. The van der Waals surface area contributed by atoms with Gasteiger partial charge in [0.1, 0.15) is 17.5 Å². The van der Waals surface area contributed by atoms with Crippen LogP contribution in [0.4, 0.5) is 10.1 Å². The lowest BCUT2D eigenvalue weighted by Gasteiger charge is -2.23. The Kier molecular flexibility index (Phi) is 7.46. The monoisotopic (exact) mass is 477 g/mol. The van der Waals surface area contributed by atoms with E-state index in [1.807, 2.05) is 49.4 Å². The maximum Gasteiger partial charge on any atom is 0.205 e. The Bertz CT molecular complexity index is 1440. The van der Waals surface area contributed by atoms with Gasteiger partial charge in [-0.1, -0.05) is 54.6 Å². The molecule has 0 saturated heterocycles. The van der Waals surface area contributed by atoms with Crippen LogP contribution in [0.25, 0.3) is 11.8 Å². The Hall–Kier alpha value is -4.43. The third-order valence-corrected chi connectivity index (χ3v) is 6.30. The predicted octanol–water partition coefficient (Wildman–Crippen LogP) is 7.05. The first-order chi connectivity index (χ1) is 17.4. The molecule has 1 aromatic heterocycles. The van der Waals surface area contributed by atoms with Crippen molar-refractivity contribution in [2.45, 2.75) is 27.3 Å². The van der Waals surface area contributed by atoms with E-state index in [1.54, 1.807) is 41.8 Å². The minimum Gasteiger partial charge on any atom is -0.367 e. The second kappa shape index (κ2) is 10.9. The number of hydrogen-bond donors (Lipinski definition) is 0. The lowest BCUT2D eigenvalue weighted by atomic mass is 10.0. The maximum absolute atomic E-state index is 14.4. The third-order valence-electron chi connectivity index (χ3n) is 6.30. The van der Waals surface area contributed by atoms with Crippen molar-refractivity contribution in [3.05, 3.63) is 124 Å². The molecule has 0 atom stereocenters. The van der Waals surface area contributed by atoms with E-state index in [4.69, 9.17) is 0 Å². The van der Waals surface area contributed by atoms with E-state index in [-0.39, 0.29) is 17.2 Å². The number of hydrogen-bond acceptors (Lipinski definition) is 3. The van der Waals surface area contributed by atoms with Gasteiger partial charge in [-0.05, 0) is 68.3 Å². The molecule has 0 aliphatic rings. The number of halogens is 1. The Labute approximate surface area is 211 Å². The number of anilines is 1. The number of ketones is 1. The Morgan fingerprint density at radius 1 is 1.00 bits per heavy atom. The topological polar surface area (TPSA) is 49.0 Å². The molecule has 3 aromatic carbocycles. The van der Waals surface area contributed by atoms with Crippen LogP contribution in [0.15, 0.2) is 90.5 Å². The highest BCUT2D eigenvalue weighted by Crippen LogP contribution is 2.26. The van der Waals surface area contributed by atoms with Crippen LogP contribution in [0.2, 0.25) is 0 Å². The van der Waals surface area contributed by atoms with Crippen molar-refractivity contribution in [2.24, 2.45) is 0 Å². The van der Waals surface area contributed by atoms with Gasteiger partial charge >= 0.3 is 0 Å².